The number of hydrogen-bond donors (Lipinski definition) is 2. The van der Waals surface area contributed by atoms with Crippen LogP contribution in [0.3, 0.4) is 0 Å². The molecule has 0 radical (unpaired) electrons. The molecule has 0 bridgehead atoms. The molecule has 6 heteroatoms. The van der Waals surface area contributed by atoms with Gasteiger partial charge in [0.05, 0.1) is 0 Å². The van der Waals surface area contributed by atoms with Crippen LogP contribution < -0.4 is 11.1 Å². The fourth-order valence-electron chi connectivity index (χ4n) is 2.53. The molecule has 22 heavy (non-hydrogen) atoms. The molecule has 1 amide bonds. The van der Waals surface area contributed by atoms with Crippen molar-refractivity contribution < 1.29 is 4.79 Å². The Labute approximate surface area is 145 Å². The Balaban J connectivity index is 0.00000220. The van der Waals surface area contributed by atoms with Crippen molar-refractivity contribution in [3.63, 3.8) is 0 Å². The van der Waals surface area contributed by atoms with Gasteiger partial charge in [-0.2, -0.15) is 0 Å². The lowest BCUT2D eigenvalue weighted by atomic mass is 10.1. The maximum Gasteiger partial charge on any atom is 0.224 e. The number of nitrogens with zero attached hydrogens (tertiary/aromatic N) is 1. The highest BCUT2D eigenvalue weighted by Crippen LogP contribution is 2.13. The van der Waals surface area contributed by atoms with Crippen molar-refractivity contribution in [1.82, 2.24) is 4.90 Å². The van der Waals surface area contributed by atoms with Crippen molar-refractivity contribution in [2.24, 2.45) is 5.73 Å². The lowest BCUT2D eigenvalue weighted by Crippen LogP contribution is -2.21. The summed E-state index contributed by atoms with van der Waals surface area (Å²) in [6, 6.07) is 8.18. The van der Waals surface area contributed by atoms with E-state index in [1.807, 2.05) is 12.1 Å². The second-order valence-corrected chi connectivity index (χ2v) is 5.44. The van der Waals surface area contributed by atoms with E-state index in [9.17, 15) is 4.79 Å². The monoisotopic (exact) mass is 347 g/mol. The Hall–Kier alpha value is -0.810. The van der Waals surface area contributed by atoms with Crippen LogP contribution in [0.1, 0.15) is 31.2 Å². The number of halogens is 2. The molecule has 0 aromatic heterocycles. The van der Waals surface area contributed by atoms with Crippen LogP contribution in [0.25, 0.3) is 0 Å². The molecule has 0 aliphatic carbocycles. The van der Waals surface area contributed by atoms with Crippen LogP contribution in [-0.2, 0) is 11.2 Å². The van der Waals surface area contributed by atoms with Crippen LogP contribution in [0.15, 0.2) is 24.3 Å². The number of likely N-dealkylation sites (tertiary alicyclic amines) is 1. The maximum absolute atomic E-state index is 11.6. The van der Waals surface area contributed by atoms with Gasteiger partial charge in [0, 0.05) is 18.7 Å². The highest BCUT2D eigenvalue weighted by molar-refractivity contribution is 5.90. The number of nitrogens with one attached hydrogen (secondary N) is 1. The third-order valence-corrected chi connectivity index (χ3v) is 3.76. The molecule has 2 rings (SSSR count). The molecular formula is C16H27Cl2N3O. The van der Waals surface area contributed by atoms with Crippen LogP contribution in [0.5, 0.6) is 0 Å². The molecular weight excluding hydrogens is 321 g/mol. The van der Waals surface area contributed by atoms with E-state index in [0.717, 1.165) is 25.1 Å². The van der Waals surface area contributed by atoms with E-state index in [-0.39, 0.29) is 30.7 Å². The largest absolute Gasteiger partial charge is 0.330 e. The normalized spacial score (nSPS) is 14.0. The molecule has 0 spiro atoms. The van der Waals surface area contributed by atoms with Crippen LogP contribution in [0.4, 0.5) is 5.69 Å². The molecule has 0 atom stereocenters. The van der Waals surface area contributed by atoms with E-state index in [4.69, 9.17) is 5.73 Å². The molecule has 1 aromatic rings. The Morgan fingerprint density at radius 1 is 1.14 bits per heavy atom. The van der Waals surface area contributed by atoms with E-state index >= 15 is 0 Å². The van der Waals surface area contributed by atoms with E-state index in [1.54, 1.807) is 0 Å². The number of amides is 1. The lowest BCUT2D eigenvalue weighted by Gasteiger charge is -2.14. The first-order valence-corrected chi connectivity index (χ1v) is 7.59. The number of carbonyl (C=O) groups is 1. The van der Waals surface area contributed by atoms with Gasteiger partial charge in [0.1, 0.15) is 0 Å². The second-order valence-electron chi connectivity index (χ2n) is 5.44. The van der Waals surface area contributed by atoms with Gasteiger partial charge in [0.25, 0.3) is 0 Å². The number of anilines is 1. The third-order valence-electron chi connectivity index (χ3n) is 3.76. The van der Waals surface area contributed by atoms with Gasteiger partial charge < -0.3 is 16.0 Å². The van der Waals surface area contributed by atoms with Crippen LogP contribution in [0.2, 0.25) is 0 Å². The molecule has 0 saturated carbocycles. The molecule has 1 aromatic carbocycles. The van der Waals surface area contributed by atoms with Crippen LogP contribution >= 0.6 is 24.8 Å². The highest BCUT2D eigenvalue weighted by atomic mass is 35.5. The Bertz CT molecular complexity index is 420. The zero-order valence-electron chi connectivity index (χ0n) is 12.9. The molecule has 126 valence electrons. The van der Waals surface area contributed by atoms with Gasteiger partial charge in [-0.25, -0.2) is 0 Å². The van der Waals surface area contributed by atoms with E-state index in [2.05, 4.69) is 22.3 Å². The fraction of sp³-hybridized carbons (Fsp3) is 0.562. The smallest absolute Gasteiger partial charge is 0.224 e. The molecule has 1 aliphatic rings. The number of benzene rings is 1. The summed E-state index contributed by atoms with van der Waals surface area (Å²) in [6.45, 7) is 4.19. The first kappa shape index (κ1) is 21.2. The second kappa shape index (κ2) is 11.7. The van der Waals surface area contributed by atoms with E-state index in [0.29, 0.717) is 13.0 Å². The maximum atomic E-state index is 11.6. The summed E-state index contributed by atoms with van der Waals surface area (Å²) < 4.78 is 0. The predicted octanol–water partition coefficient (Wildman–Crippen LogP) is 2.85. The van der Waals surface area contributed by atoms with Crippen LogP contribution in [-0.4, -0.2) is 37.0 Å². The molecule has 0 unspecified atom stereocenters. The Morgan fingerprint density at radius 3 is 2.36 bits per heavy atom. The number of nitrogens with two attached hydrogens (primary N) is 1. The van der Waals surface area contributed by atoms with Crippen molar-refractivity contribution in [2.45, 2.75) is 32.1 Å². The highest BCUT2D eigenvalue weighted by Gasteiger charge is 2.10. The first-order chi connectivity index (χ1) is 9.78. The van der Waals surface area contributed by atoms with Gasteiger partial charge in [0.2, 0.25) is 5.91 Å². The molecule has 1 saturated heterocycles. The summed E-state index contributed by atoms with van der Waals surface area (Å²) in [5, 5.41) is 2.90. The third kappa shape index (κ3) is 7.45. The van der Waals surface area contributed by atoms with Crippen LogP contribution in [0, 0.1) is 0 Å². The molecule has 4 nitrogen and oxygen atoms in total. The number of carbonyl (C=O) groups excluding carboxylic acids is 1. The van der Waals surface area contributed by atoms with E-state index < -0.39 is 0 Å². The zero-order valence-corrected chi connectivity index (χ0v) is 14.6. The minimum Gasteiger partial charge on any atom is -0.330 e. The summed E-state index contributed by atoms with van der Waals surface area (Å²) in [5.41, 5.74) is 7.59. The van der Waals surface area contributed by atoms with Crippen molar-refractivity contribution in [3.8, 4) is 0 Å². The Morgan fingerprint density at radius 2 is 1.77 bits per heavy atom. The summed E-state index contributed by atoms with van der Waals surface area (Å²) in [7, 11) is 0. The van der Waals surface area contributed by atoms with Gasteiger partial charge in [-0.3, -0.25) is 4.79 Å². The summed E-state index contributed by atoms with van der Waals surface area (Å²) in [6.07, 6.45) is 5.00. The summed E-state index contributed by atoms with van der Waals surface area (Å²) >= 11 is 0. The standard InChI is InChI=1S/C16H25N3O.2ClH/c17-10-3-4-16(20)18-15-7-5-14(6-8-15)9-13-19-11-1-2-12-19;;/h5-8H,1-4,9-13,17H2,(H,18,20);2*1H. The van der Waals surface area contributed by atoms with E-state index in [1.165, 1.54) is 31.5 Å². The SMILES string of the molecule is Cl.Cl.NCCCC(=O)Nc1ccc(CCN2CCCC2)cc1. The van der Waals surface area contributed by atoms with Gasteiger partial charge in [-0.15, -0.1) is 24.8 Å². The van der Waals surface area contributed by atoms with Crippen molar-refractivity contribution >= 4 is 36.4 Å². The zero-order chi connectivity index (χ0) is 14.2. The molecule has 1 fully saturated rings. The van der Waals surface area contributed by atoms with Crippen molar-refractivity contribution in [2.75, 3.05) is 31.5 Å². The average Bonchev–Trinajstić information content (AvgIpc) is 2.98. The minimum atomic E-state index is 0. The lowest BCUT2D eigenvalue weighted by molar-refractivity contribution is -0.116. The van der Waals surface area contributed by atoms with Crippen molar-refractivity contribution in [1.29, 1.82) is 0 Å². The quantitative estimate of drug-likeness (QED) is 0.797. The van der Waals surface area contributed by atoms with Crippen molar-refractivity contribution in [3.05, 3.63) is 29.8 Å². The Kier molecular flexibility index (Phi) is 11.3. The fourth-order valence-corrected chi connectivity index (χ4v) is 2.53. The van der Waals surface area contributed by atoms with Gasteiger partial charge >= 0.3 is 0 Å². The van der Waals surface area contributed by atoms with Gasteiger partial charge in [-0.1, -0.05) is 12.1 Å². The number of hydrogen-bond acceptors (Lipinski definition) is 3. The summed E-state index contributed by atoms with van der Waals surface area (Å²) in [4.78, 5) is 14.1. The van der Waals surface area contributed by atoms with Gasteiger partial charge in [0.15, 0.2) is 0 Å². The molecule has 3 N–H and O–H groups in total. The number of rotatable bonds is 7. The van der Waals surface area contributed by atoms with Gasteiger partial charge in [-0.05, 0) is 63.0 Å². The summed E-state index contributed by atoms with van der Waals surface area (Å²) in [5.74, 6) is 0.0419. The first-order valence-electron chi connectivity index (χ1n) is 7.59. The molecule has 1 aliphatic heterocycles. The molecule has 1 heterocycles. The average molecular weight is 348 g/mol. The topological polar surface area (TPSA) is 58.4 Å². The predicted molar refractivity (Wildman–Crippen MR) is 97.2 cm³/mol. The minimum absolute atomic E-state index is 0.